The third kappa shape index (κ3) is 2.54. The largest absolute Gasteiger partial charge is 0.292 e. The van der Waals surface area contributed by atoms with Crippen molar-refractivity contribution in [3.8, 4) is 0 Å². The summed E-state index contributed by atoms with van der Waals surface area (Å²) in [5.74, 6) is 0.476. The predicted molar refractivity (Wildman–Crippen MR) is 94.2 cm³/mol. The third-order valence-corrected chi connectivity index (χ3v) is 4.44. The van der Waals surface area contributed by atoms with Gasteiger partial charge in [-0.15, -0.1) is 0 Å². The minimum absolute atomic E-state index is 0.0170. The van der Waals surface area contributed by atoms with E-state index >= 15 is 0 Å². The molecule has 0 unspecified atom stereocenters. The summed E-state index contributed by atoms with van der Waals surface area (Å²) in [6.07, 6.45) is 3.76. The summed E-state index contributed by atoms with van der Waals surface area (Å²) >= 11 is 0. The molecule has 3 aromatic rings. The first-order valence-corrected chi connectivity index (χ1v) is 8.09. The highest BCUT2D eigenvalue weighted by molar-refractivity contribution is 5.84. The molecule has 0 spiro atoms. The summed E-state index contributed by atoms with van der Waals surface area (Å²) in [7, 11) is 0. The van der Waals surface area contributed by atoms with Gasteiger partial charge in [-0.25, -0.2) is 9.37 Å². The number of nitrogens with zero attached hydrogens (tertiary/aromatic N) is 2. The Balaban J connectivity index is 1.91. The Morgan fingerprint density at radius 3 is 2.75 bits per heavy atom. The van der Waals surface area contributed by atoms with Gasteiger partial charge in [0.25, 0.3) is 5.56 Å². The summed E-state index contributed by atoms with van der Waals surface area (Å²) in [6.45, 7) is 2.66. The Labute approximate surface area is 139 Å². The summed E-state index contributed by atoms with van der Waals surface area (Å²) in [5, 5.41) is 0.668. The van der Waals surface area contributed by atoms with Crippen molar-refractivity contribution in [3.63, 3.8) is 0 Å². The lowest BCUT2D eigenvalue weighted by molar-refractivity contribution is 0.587. The Morgan fingerprint density at radius 2 is 1.96 bits per heavy atom. The van der Waals surface area contributed by atoms with Crippen LogP contribution in [0.15, 0.2) is 47.3 Å². The van der Waals surface area contributed by atoms with Gasteiger partial charge in [-0.3, -0.25) is 9.36 Å². The Morgan fingerprint density at radius 1 is 1.17 bits per heavy atom. The van der Waals surface area contributed by atoms with Crippen molar-refractivity contribution in [1.82, 2.24) is 9.55 Å². The zero-order valence-corrected chi connectivity index (χ0v) is 13.4. The number of aromatic nitrogens is 2. The van der Waals surface area contributed by atoms with E-state index < -0.39 is 0 Å². The first kappa shape index (κ1) is 14.8. The van der Waals surface area contributed by atoms with Crippen LogP contribution in [-0.4, -0.2) is 9.55 Å². The minimum atomic E-state index is -0.253. The first-order chi connectivity index (χ1) is 11.6. The monoisotopic (exact) mass is 320 g/mol. The SMILES string of the molecule is Cc1ccc2nc3n(c(=O)c2c1)CCC/C3=C\c1ccc(F)cc1. The van der Waals surface area contributed by atoms with E-state index in [2.05, 4.69) is 0 Å². The number of hydrogen-bond acceptors (Lipinski definition) is 2. The van der Waals surface area contributed by atoms with Crippen LogP contribution < -0.4 is 5.56 Å². The van der Waals surface area contributed by atoms with Crippen LogP contribution in [0.2, 0.25) is 0 Å². The zero-order valence-electron chi connectivity index (χ0n) is 13.4. The van der Waals surface area contributed by atoms with E-state index in [1.54, 1.807) is 16.7 Å². The smallest absolute Gasteiger partial charge is 0.261 e. The standard InChI is InChI=1S/C20H17FN2O/c1-13-4-9-18-17(11-13)20(24)23-10-2-3-15(19(23)22-18)12-14-5-7-16(21)8-6-14/h4-9,11-12H,2-3,10H2,1H3/b15-12+. The first-order valence-electron chi connectivity index (χ1n) is 8.09. The number of benzene rings is 2. The molecule has 1 aliphatic rings. The number of aryl methyl sites for hydroxylation is 1. The van der Waals surface area contributed by atoms with E-state index in [4.69, 9.17) is 4.98 Å². The highest BCUT2D eigenvalue weighted by atomic mass is 19.1. The highest BCUT2D eigenvalue weighted by Crippen LogP contribution is 2.27. The van der Waals surface area contributed by atoms with Crippen molar-refractivity contribution < 1.29 is 4.39 Å². The molecule has 0 amide bonds. The fourth-order valence-corrected chi connectivity index (χ4v) is 3.22. The average Bonchev–Trinajstić information content (AvgIpc) is 2.58. The second-order valence-electron chi connectivity index (χ2n) is 6.24. The van der Waals surface area contributed by atoms with Crippen LogP contribution in [0.3, 0.4) is 0 Å². The maximum absolute atomic E-state index is 13.1. The molecule has 24 heavy (non-hydrogen) atoms. The normalized spacial score (nSPS) is 15.7. The second-order valence-corrected chi connectivity index (χ2v) is 6.24. The molecular weight excluding hydrogens is 303 g/mol. The zero-order chi connectivity index (χ0) is 16.7. The van der Waals surface area contributed by atoms with Crippen molar-refractivity contribution in [2.75, 3.05) is 0 Å². The second kappa shape index (κ2) is 5.71. The third-order valence-electron chi connectivity index (χ3n) is 4.44. The van der Waals surface area contributed by atoms with Gasteiger partial charge in [0.2, 0.25) is 0 Å². The molecule has 1 aromatic heterocycles. The van der Waals surface area contributed by atoms with Crippen LogP contribution in [0.4, 0.5) is 4.39 Å². The van der Waals surface area contributed by atoms with Crippen LogP contribution in [-0.2, 0) is 6.54 Å². The summed E-state index contributed by atoms with van der Waals surface area (Å²) in [4.78, 5) is 17.5. The summed E-state index contributed by atoms with van der Waals surface area (Å²) in [5.41, 5.74) is 3.73. The number of halogens is 1. The van der Waals surface area contributed by atoms with E-state index in [9.17, 15) is 9.18 Å². The fourth-order valence-electron chi connectivity index (χ4n) is 3.22. The highest BCUT2D eigenvalue weighted by Gasteiger charge is 2.18. The molecule has 3 nitrogen and oxygen atoms in total. The molecule has 0 saturated heterocycles. The van der Waals surface area contributed by atoms with Gasteiger partial charge in [-0.05, 0) is 61.2 Å². The van der Waals surface area contributed by atoms with E-state index in [0.717, 1.165) is 40.9 Å². The van der Waals surface area contributed by atoms with Crippen molar-refractivity contribution in [2.45, 2.75) is 26.3 Å². The Hall–Kier alpha value is -2.75. The molecule has 2 heterocycles. The molecule has 0 radical (unpaired) electrons. The molecular formula is C20H17FN2O. The number of rotatable bonds is 1. The van der Waals surface area contributed by atoms with Gasteiger partial charge in [0.15, 0.2) is 0 Å². The Bertz CT molecular complexity index is 1020. The van der Waals surface area contributed by atoms with Crippen LogP contribution >= 0.6 is 0 Å². The number of allylic oxidation sites excluding steroid dienone is 1. The molecule has 1 aliphatic heterocycles. The molecule has 0 saturated carbocycles. The lowest BCUT2D eigenvalue weighted by Gasteiger charge is -2.21. The molecule has 0 atom stereocenters. The topological polar surface area (TPSA) is 34.9 Å². The lowest BCUT2D eigenvalue weighted by atomic mass is 10.0. The maximum atomic E-state index is 13.1. The van der Waals surface area contributed by atoms with E-state index in [1.807, 2.05) is 31.2 Å². The van der Waals surface area contributed by atoms with Crippen molar-refractivity contribution in [3.05, 3.63) is 75.6 Å². The maximum Gasteiger partial charge on any atom is 0.261 e. The van der Waals surface area contributed by atoms with E-state index in [1.165, 1.54) is 12.1 Å². The lowest BCUT2D eigenvalue weighted by Crippen LogP contribution is -2.27. The molecule has 0 fully saturated rings. The van der Waals surface area contributed by atoms with E-state index in [0.29, 0.717) is 11.9 Å². The van der Waals surface area contributed by atoms with Gasteiger partial charge in [0.1, 0.15) is 11.6 Å². The quantitative estimate of drug-likeness (QED) is 0.674. The van der Waals surface area contributed by atoms with Crippen molar-refractivity contribution in [1.29, 1.82) is 0 Å². The molecule has 0 N–H and O–H groups in total. The Kier molecular flexibility index (Phi) is 3.53. The molecule has 0 aliphatic carbocycles. The fraction of sp³-hybridized carbons (Fsp3) is 0.200. The molecule has 120 valence electrons. The molecule has 2 aromatic carbocycles. The van der Waals surface area contributed by atoms with E-state index in [-0.39, 0.29) is 11.4 Å². The predicted octanol–water partition coefficient (Wildman–Crippen LogP) is 4.18. The van der Waals surface area contributed by atoms with Crippen LogP contribution in [0, 0.1) is 12.7 Å². The van der Waals surface area contributed by atoms with Crippen LogP contribution in [0.1, 0.15) is 29.8 Å². The summed E-state index contributed by atoms with van der Waals surface area (Å²) in [6, 6.07) is 12.1. The van der Waals surface area contributed by atoms with Crippen LogP contribution in [0.5, 0.6) is 0 Å². The van der Waals surface area contributed by atoms with Crippen LogP contribution in [0.25, 0.3) is 22.6 Å². The molecule has 4 rings (SSSR count). The van der Waals surface area contributed by atoms with Gasteiger partial charge in [-0.2, -0.15) is 0 Å². The number of fused-ring (bicyclic) bond motifs is 2. The van der Waals surface area contributed by atoms with Crippen molar-refractivity contribution >= 4 is 22.6 Å². The van der Waals surface area contributed by atoms with Crippen molar-refractivity contribution in [2.24, 2.45) is 0 Å². The van der Waals surface area contributed by atoms with Gasteiger partial charge < -0.3 is 0 Å². The number of hydrogen-bond donors (Lipinski definition) is 0. The average molecular weight is 320 g/mol. The van der Waals surface area contributed by atoms with Gasteiger partial charge >= 0.3 is 0 Å². The molecule has 4 heteroatoms. The van der Waals surface area contributed by atoms with Gasteiger partial charge in [-0.1, -0.05) is 23.8 Å². The van der Waals surface area contributed by atoms with Gasteiger partial charge in [0, 0.05) is 6.54 Å². The van der Waals surface area contributed by atoms with Gasteiger partial charge in [0.05, 0.1) is 10.9 Å². The summed E-state index contributed by atoms with van der Waals surface area (Å²) < 4.78 is 14.9. The molecule has 0 bridgehead atoms. The minimum Gasteiger partial charge on any atom is -0.292 e.